The van der Waals surface area contributed by atoms with Crippen LogP contribution in [0.1, 0.15) is 26.7 Å². The lowest BCUT2D eigenvalue weighted by molar-refractivity contribution is -0.133. The van der Waals surface area contributed by atoms with Crippen molar-refractivity contribution in [3.05, 3.63) is 24.3 Å². The van der Waals surface area contributed by atoms with Gasteiger partial charge in [-0.15, -0.1) is 0 Å². The summed E-state index contributed by atoms with van der Waals surface area (Å²) in [6.45, 7) is 5.13. The molecule has 0 N–H and O–H groups in total. The van der Waals surface area contributed by atoms with Crippen LogP contribution < -0.4 is 9.04 Å². The highest BCUT2D eigenvalue weighted by Gasteiger charge is 2.33. The molecule has 0 spiro atoms. The van der Waals surface area contributed by atoms with Gasteiger partial charge in [0.05, 0.1) is 19.1 Å². The van der Waals surface area contributed by atoms with Crippen LogP contribution in [-0.2, 0) is 14.8 Å². The number of hydrogen-bond donors (Lipinski definition) is 0. The molecule has 1 saturated heterocycles. The predicted molar refractivity (Wildman–Crippen MR) is 94.8 cm³/mol. The monoisotopic (exact) mass is 354 g/mol. The van der Waals surface area contributed by atoms with Gasteiger partial charge in [0.25, 0.3) is 0 Å². The normalized spacial score (nSPS) is 19.7. The van der Waals surface area contributed by atoms with Crippen LogP contribution in [-0.4, -0.2) is 51.7 Å². The second-order valence-electron chi connectivity index (χ2n) is 6.46. The van der Waals surface area contributed by atoms with E-state index in [0.717, 1.165) is 19.1 Å². The molecule has 24 heavy (non-hydrogen) atoms. The quantitative estimate of drug-likeness (QED) is 0.812. The molecule has 0 aliphatic carbocycles. The summed E-state index contributed by atoms with van der Waals surface area (Å²) in [5, 5.41) is 0. The summed E-state index contributed by atoms with van der Waals surface area (Å²) in [6.07, 6.45) is 3.19. The maximum atomic E-state index is 12.8. The summed E-state index contributed by atoms with van der Waals surface area (Å²) < 4.78 is 30.9. The summed E-state index contributed by atoms with van der Waals surface area (Å²) >= 11 is 0. The third kappa shape index (κ3) is 4.20. The van der Waals surface area contributed by atoms with E-state index in [1.165, 1.54) is 4.31 Å². The summed E-state index contributed by atoms with van der Waals surface area (Å²) in [7, 11) is -2.04. The lowest BCUT2D eigenvalue weighted by Crippen LogP contribution is -2.51. The molecule has 1 aromatic carbocycles. The zero-order chi connectivity index (χ0) is 17.9. The summed E-state index contributed by atoms with van der Waals surface area (Å²) in [4.78, 5) is 14.6. The van der Waals surface area contributed by atoms with Crippen LogP contribution >= 0.6 is 0 Å². The molecule has 0 radical (unpaired) electrons. The van der Waals surface area contributed by atoms with Crippen LogP contribution in [0.4, 0.5) is 5.69 Å². The van der Waals surface area contributed by atoms with E-state index >= 15 is 0 Å². The van der Waals surface area contributed by atoms with Gasteiger partial charge in [-0.05, 0) is 49.9 Å². The topological polar surface area (TPSA) is 66.9 Å². The van der Waals surface area contributed by atoms with E-state index in [4.69, 9.17) is 4.74 Å². The Morgan fingerprint density at radius 1 is 1.33 bits per heavy atom. The van der Waals surface area contributed by atoms with Crippen molar-refractivity contribution in [1.29, 1.82) is 0 Å². The van der Waals surface area contributed by atoms with Crippen molar-refractivity contribution in [2.24, 2.45) is 5.92 Å². The minimum absolute atomic E-state index is 0.150. The van der Waals surface area contributed by atoms with Gasteiger partial charge in [0.2, 0.25) is 15.9 Å². The summed E-state index contributed by atoms with van der Waals surface area (Å²) in [5.74, 6) is 0.932. The Morgan fingerprint density at radius 2 is 1.96 bits per heavy atom. The van der Waals surface area contributed by atoms with E-state index in [2.05, 4.69) is 6.92 Å². The zero-order valence-corrected chi connectivity index (χ0v) is 15.5. The number of likely N-dealkylation sites (tertiary alicyclic amines) is 1. The fourth-order valence-electron chi connectivity index (χ4n) is 3.19. The van der Waals surface area contributed by atoms with Crippen LogP contribution in [0.5, 0.6) is 5.75 Å². The minimum Gasteiger partial charge on any atom is -0.497 e. The average molecular weight is 354 g/mol. The lowest BCUT2D eigenvalue weighted by Gasteiger charge is -2.36. The van der Waals surface area contributed by atoms with Gasteiger partial charge in [0.1, 0.15) is 11.8 Å². The highest BCUT2D eigenvalue weighted by molar-refractivity contribution is 7.92. The highest BCUT2D eigenvalue weighted by Crippen LogP contribution is 2.25. The number of carbonyl (C=O) groups is 1. The first-order chi connectivity index (χ1) is 11.2. The molecule has 1 aromatic rings. The second kappa shape index (κ2) is 7.42. The smallest absolute Gasteiger partial charge is 0.246 e. The Labute approximate surface area is 144 Å². The molecule has 1 aliphatic heterocycles. The van der Waals surface area contributed by atoms with Gasteiger partial charge in [-0.25, -0.2) is 8.42 Å². The number of ether oxygens (including phenoxy) is 1. The molecule has 0 bridgehead atoms. The van der Waals surface area contributed by atoms with Crippen LogP contribution in [0.3, 0.4) is 0 Å². The number of carbonyl (C=O) groups excluding carboxylic acids is 1. The Kier molecular flexibility index (Phi) is 5.74. The summed E-state index contributed by atoms with van der Waals surface area (Å²) in [6, 6.07) is 5.91. The third-order valence-corrected chi connectivity index (χ3v) is 5.60. The average Bonchev–Trinajstić information content (AvgIpc) is 2.53. The van der Waals surface area contributed by atoms with Crippen LogP contribution in [0.15, 0.2) is 24.3 Å². The fraction of sp³-hybridized carbons (Fsp3) is 0.588. The number of methoxy groups -OCH3 is 1. The molecule has 1 amide bonds. The Balaban J connectivity index is 2.28. The molecule has 134 valence electrons. The second-order valence-corrected chi connectivity index (χ2v) is 8.32. The van der Waals surface area contributed by atoms with Crippen molar-refractivity contribution in [3.63, 3.8) is 0 Å². The van der Waals surface area contributed by atoms with Crippen LogP contribution in [0, 0.1) is 5.92 Å². The molecule has 2 atom stereocenters. The third-order valence-electron chi connectivity index (χ3n) is 4.36. The van der Waals surface area contributed by atoms with E-state index in [-0.39, 0.29) is 5.91 Å². The van der Waals surface area contributed by atoms with Crippen LogP contribution in [0.2, 0.25) is 0 Å². The number of piperidine rings is 1. The van der Waals surface area contributed by atoms with E-state index in [0.29, 0.717) is 30.4 Å². The highest BCUT2D eigenvalue weighted by atomic mass is 32.2. The molecule has 1 heterocycles. The van der Waals surface area contributed by atoms with Gasteiger partial charge < -0.3 is 9.64 Å². The molecule has 7 heteroatoms. The largest absolute Gasteiger partial charge is 0.497 e. The number of anilines is 1. The number of amides is 1. The van der Waals surface area contributed by atoms with Crippen molar-refractivity contribution in [2.45, 2.75) is 32.7 Å². The van der Waals surface area contributed by atoms with Crippen LogP contribution in [0.25, 0.3) is 0 Å². The first kappa shape index (κ1) is 18.6. The Bertz CT molecular complexity index is 672. The summed E-state index contributed by atoms with van der Waals surface area (Å²) in [5.41, 5.74) is 0.462. The van der Waals surface area contributed by atoms with Crippen molar-refractivity contribution in [3.8, 4) is 5.75 Å². The van der Waals surface area contributed by atoms with Gasteiger partial charge in [-0.3, -0.25) is 9.10 Å². The number of rotatable bonds is 5. The Morgan fingerprint density at radius 3 is 2.46 bits per heavy atom. The predicted octanol–water partition coefficient (Wildman–Crippen LogP) is 2.11. The van der Waals surface area contributed by atoms with Crippen molar-refractivity contribution < 1.29 is 17.9 Å². The van der Waals surface area contributed by atoms with Gasteiger partial charge >= 0.3 is 0 Å². The van der Waals surface area contributed by atoms with Gasteiger partial charge in [0.15, 0.2) is 0 Å². The SMILES string of the molecule is COc1ccc(N(C(C)C(=O)N2CCCC(C)C2)S(C)(=O)=O)cc1. The standard InChI is InChI=1S/C17H26N2O4S/c1-13-6-5-11-18(12-13)17(20)14(2)19(24(4,21)22)15-7-9-16(23-3)10-8-15/h7-10,13-14H,5-6,11-12H2,1-4H3. The van der Waals surface area contributed by atoms with Gasteiger partial charge in [0, 0.05) is 13.1 Å². The van der Waals surface area contributed by atoms with Crippen molar-refractivity contribution >= 4 is 21.6 Å². The van der Waals surface area contributed by atoms with Gasteiger partial charge in [-0.2, -0.15) is 0 Å². The van der Waals surface area contributed by atoms with E-state index in [1.54, 1.807) is 43.2 Å². The maximum absolute atomic E-state index is 12.8. The van der Waals surface area contributed by atoms with E-state index in [9.17, 15) is 13.2 Å². The molecule has 0 saturated carbocycles. The van der Waals surface area contributed by atoms with Crippen molar-refractivity contribution in [2.75, 3.05) is 30.8 Å². The molecule has 1 fully saturated rings. The van der Waals surface area contributed by atoms with Crippen molar-refractivity contribution in [1.82, 2.24) is 4.90 Å². The van der Waals surface area contributed by atoms with E-state index in [1.807, 2.05) is 0 Å². The minimum atomic E-state index is -3.59. The zero-order valence-electron chi connectivity index (χ0n) is 14.7. The lowest BCUT2D eigenvalue weighted by atomic mass is 10.00. The fourth-order valence-corrected chi connectivity index (χ4v) is 4.35. The molecular formula is C17H26N2O4S. The van der Waals surface area contributed by atoms with E-state index < -0.39 is 16.1 Å². The molecular weight excluding hydrogens is 328 g/mol. The molecule has 2 unspecified atom stereocenters. The molecule has 6 nitrogen and oxygen atoms in total. The number of hydrogen-bond acceptors (Lipinski definition) is 4. The number of sulfonamides is 1. The Hall–Kier alpha value is -1.76. The molecule has 0 aromatic heterocycles. The van der Waals surface area contributed by atoms with Gasteiger partial charge in [-0.1, -0.05) is 6.92 Å². The number of benzene rings is 1. The first-order valence-electron chi connectivity index (χ1n) is 8.16. The first-order valence-corrected chi connectivity index (χ1v) is 10.0. The molecule has 1 aliphatic rings. The number of nitrogens with zero attached hydrogens (tertiary/aromatic N) is 2. The maximum Gasteiger partial charge on any atom is 0.246 e. The molecule has 2 rings (SSSR count).